The minimum absolute atomic E-state index is 0.00565. The van der Waals surface area contributed by atoms with Crippen LogP contribution in [0.1, 0.15) is 78.6 Å². The molecule has 3 N–H and O–H groups in total. The van der Waals surface area contributed by atoms with Crippen molar-refractivity contribution < 1.29 is 24.9 Å². The molecule has 0 amide bonds. The maximum Gasteiger partial charge on any atom is 0.303 e. The average Bonchev–Trinajstić information content (AvgIpc) is 3.40. The van der Waals surface area contributed by atoms with Gasteiger partial charge in [0, 0.05) is 36.5 Å². The van der Waals surface area contributed by atoms with Crippen molar-refractivity contribution in [2.24, 2.45) is 56.6 Å². The summed E-state index contributed by atoms with van der Waals surface area (Å²) in [5.41, 5.74) is 0.0396. The number of carbonyl (C=O) groups is 1. The molecule has 0 spiro atoms. The monoisotopic (exact) mass is 599 g/mol. The molecule has 0 bridgehead atoms. The van der Waals surface area contributed by atoms with E-state index in [2.05, 4.69) is 36.5 Å². The Morgan fingerprint density at radius 1 is 1.14 bits per heavy atom. The first-order valence-electron chi connectivity index (χ1n) is 15.3. The molecule has 3 unspecified atom stereocenters. The van der Waals surface area contributed by atoms with Crippen LogP contribution in [0.3, 0.4) is 0 Å². The second kappa shape index (κ2) is 11.2. The van der Waals surface area contributed by atoms with Gasteiger partial charge in [0.15, 0.2) is 0 Å². The lowest BCUT2D eigenvalue weighted by molar-refractivity contribution is -0.393. The smallest absolute Gasteiger partial charge is 0.303 e. The molecule has 4 fully saturated rings. The number of hydrogen-bond donors (Lipinski definition) is 3. The molecule has 234 valence electrons. The number of non-ortho nitro benzene ring substituents is 1. The molecule has 0 aliphatic heterocycles. The molecule has 43 heavy (non-hydrogen) atoms. The normalized spacial score (nSPS) is 39.0. The van der Waals surface area contributed by atoms with E-state index in [0.717, 1.165) is 31.7 Å². The SMILES string of the molecule is C[C@H](CCC(=O)O)[C@H]1CCC2C3C(CC[C@@]21C)[C@@]1(C)CC[C@H](N=O)C[C@@]1(O)[C@@H]3/C=N/Nc1ccc([N+](=O)[O-])cc1[N+](=O)[O-]. The molecule has 4 aliphatic rings. The maximum atomic E-state index is 12.6. The molecule has 4 saturated carbocycles. The van der Waals surface area contributed by atoms with Crippen molar-refractivity contribution in [1.29, 1.82) is 0 Å². The highest BCUT2D eigenvalue weighted by atomic mass is 16.6. The van der Waals surface area contributed by atoms with Crippen LogP contribution in [-0.4, -0.2) is 43.9 Å². The number of hydrogen-bond acceptors (Lipinski definition) is 10. The number of fused-ring (bicyclic) bond motifs is 5. The Hall–Kier alpha value is -3.48. The third-order valence-electron chi connectivity index (χ3n) is 12.2. The number of carboxylic acids is 1. The summed E-state index contributed by atoms with van der Waals surface area (Å²) >= 11 is 0. The molecular weight excluding hydrogens is 558 g/mol. The van der Waals surface area contributed by atoms with Gasteiger partial charge in [-0.3, -0.25) is 30.4 Å². The number of nitroso groups, excluding NO2 is 1. The Morgan fingerprint density at radius 3 is 2.53 bits per heavy atom. The number of nitrogens with zero attached hydrogens (tertiary/aromatic N) is 4. The molecule has 5 rings (SSSR count). The van der Waals surface area contributed by atoms with Crippen molar-refractivity contribution in [3.63, 3.8) is 0 Å². The number of carboxylic acid groups (broad SMARTS) is 1. The van der Waals surface area contributed by atoms with Crippen LogP contribution in [0, 0.1) is 71.5 Å². The fraction of sp³-hybridized carbons (Fsp3) is 0.733. The van der Waals surface area contributed by atoms with Crippen LogP contribution in [0.4, 0.5) is 17.1 Å². The molecular formula is C30H41N5O8. The largest absolute Gasteiger partial charge is 0.481 e. The van der Waals surface area contributed by atoms with Crippen LogP contribution in [0.25, 0.3) is 0 Å². The zero-order chi connectivity index (χ0) is 31.3. The Labute approximate surface area is 249 Å². The number of hydrazone groups is 1. The standard InChI is InChI=1S/C30H41N5O8/c1-17(4-9-26(36)37)20-6-7-21-27-22(11-12-28(20,21)2)29(3)13-10-18(33-39)15-30(29,38)23(27)16-31-32-24-8-5-19(34(40)41)14-25(24)35(42)43/h5,8,14,16-18,20-23,27,32,38H,4,6-7,9-13,15H2,1-3H3,(H,36,37)/b31-16+/t17-,18+,20-,21?,22?,23-,27?,28-,29-,30-/m1/s1. The van der Waals surface area contributed by atoms with E-state index in [0.29, 0.717) is 25.2 Å². The van der Waals surface area contributed by atoms with Gasteiger partial charge >= 0.3 is 11.7 Å². The second-order valence-corrected chi connectivity index (χ2v) is 13.9. The molecule has 1 aromatic carbocycles. The summed E-state index contributed by atoms with van der Waals surface area (Å²) in [7, 11) is 0. The van der Waals surface area contributed by atoms with Crippen LogP contribution in [0.15, 0.2) is 28.5 Å². The van der Waals surface area contributed by atoms with Gasteiger partial charge in [-0.05, 0) is 86.0 Å². The lowest BCUT2D eigenvalue weighted by atomic mass is 9.53. The van der Waals surface area contributed by atoms with Gasteiger partial charge in [-0.2, -0.15) is 10.0 Å². The van der Waals surface area contributed by atoms with Crippen molar-refractivity contribution in [2.75, 3.05) is 5.43 Å². The van der Waals surface area contributed by atoms with Crippen molar-refractivity contribution in [3.8, 4) is 0 Å². The van der Waals surface area contributed by atoms with Crippen molar-refractivity contribution >= 4 is 29.2 Å². The summed E-state index contributed by atoms with van der Waals surface area (Å²) < 4.78 is 0. The number of anilines is 1. The van der Waals surface area contributed by atoms with Crippen LogP contribution in [-0.2, 0) is 4.79 Å². The van der Waals surface area contributed by atoms with Crippen LogP contribution in [0.5, 0.6) is 0 Å². The number of nitro benzene ring substituents is 2. The summed E-state index contributed by atoms with van der Waals surface area (Å²) in [4.78, 5) is 44.4. The van der Waals surface area contributed by atoms with Gasteiger partial charge in [0.1, 0.15) is 5.69 Å². The summed E-state index contributed by atoms with van der Waals surface area (Å²) in [6, 6.07) is 2.77. The topological polar surface area (TPSA) is 198 Å². The van der Waals surface area contributed by atoms with Crippen molar-refractivity contribution in [3.05, 3.63) is 43.3 Å². The summed E-state index contributed by atoms with van der Waals surface area (Å²) in [6.45, 7) is 6.59. The molecule has 0 aromatic heterocycles. The number of aliphatic carboxylic acids is 1. The highest BCUT2D eigenvalue weighted by Gasteiger charge is 2.72. The van der Waals surface area contributed by atoms with Gasteiger partial charge in [-0.15, -0.1) is 0 Å². The first kappa shape index (κ1) is 31.0. The highest BCUT2D eigenvalue weighted by Crippen LogP contribution is 2.73. The highest BCUT2D eigenvalue weighted by molar-refractivity contribution is 5.70. The predicted molar refractivity (Wildman–Crippen MR) is 158 cm³/mol. The molecule has 13 heteroatoms. The summed E-state index contributed by atoms with van der Waals surface area (Å²) in [5.74, 6) is -0.164. The zero-order valence-electron chi connectivity index (χ0n) is 24.8. The van der Waals surface area contributed by atoms with E-state index >= 15 is 0 Å². The molecule has 4 aliphatic carbocycles. The van der Waals surface area contributed by atoms with E-state index in [4.69, 9.17) is 0 Å². The van der Waals surface area contributed by atoms with Crippen molar-refractivity contribution in [2.45, 2.75) is 90.2 Å². The van der Waals surface area contributed by atoms with E-state index in [1.807, 2.05) is 0 Å². The predicted octanol–water partition coefficient (Wildman–Crippen LogP) is 6.15. The summed E-state index contributed by atoms with van der Waals surface area (Å²) in [6.07, 6.45) is 7.72. The lowest BCUT2D eigenvalue weighted by Gasteiger charge is -2.52. The van der Waals surface area contributed by atoms with Gasteiger partial charge in [0.05, 0.1) is 27.6 Å². The molecule has 13 nitrogen and oxygen atoms in total. The molecule has 10 atom stereocenters. The minimum atomic E-state index is -1.26. The minimum Gasteiger partial charge on any atom is -0.481 e. The Bertz CT molecular complexity index is 1340. The number of benzene rings is 1. The fourth-order valence-electron chi connectivity index (χ4n) is 10.1. The quantitative estimate of drug-likeness (QED) is 0.122. The van der Waals surface area contributed by atoms with Gasteiger partial charge in [0.2, 0.25) is 0 Å². The Kier molecular flexibility index (Phi) is 8.08. The number of rotatable bonds is 10. The first-order valence-corrected chi connectivity index (χ1v) is 15.3. The van der Waals surface area contributed by atoms with E-state index in [1.165, 1.54) is 12.1 Å². The lowest BCUT2D eigenvalue weighted by Crippen LogP contribution is -2.54. The zero-order valence-corrected chi connectivity index (χ0v) is 24.8. The van der Waals surface area contributed by atoms with Crippen LogP contribution in [0.2, 0.25) is 0 Å². The molecule has 0 saturated heterocycles. The van der Waals surface area contributed by atoms with Crippen LogP contribution < -0.4 is 5.43 Å². The maximum absolute atomic E-state index is 12.6. The van der Waals surface area contributed by atoms with Crippen molar-refractivity contribution in [1.82, 2.24) is 0 Å². The number of nitrogens with one attached hydrogen (secondary N) is 1. The molecule has 0 radical (unpaired) electrons. The van der Waals surface area contributed by atoms with Gasteiger partial charge in [0.25, 0.3) is 5.69 Å². The van der Waals surface area contributed by atoms with Gasteiger partial charge < -0.3 is 10.2 Å². The average molecular weight is 600 g/mol. The van der Waals surface area contributed by atoms with Gasteiger partial charge in [-0.1, -0.05) is 25.9 Å². The number of nitro groups is 2. The van der Waals surface area contributed by atoms with Gasteiger partial charge in [-0.25, -0.2) is 0 Å². The van der Waals surface area contributed by atoms with E-state index in [1.54, 1.807) is 6.21 Å². The summed E-state index contributed by atoms with van der Waals surface area (Å²) in [5, 5.41) is 52.4. The Morgan fingerprint density at radius 2 is 1.88 bits per heavy atom. The van der Waals surface area contributed by atoms with E-state index in [9.17, 15) is 40.1 Å². The number of aliphatic hydroxyl groups is 1. The second-order valence-electron chi connectivity index (χ2n) is 13.9. The third kappa shape index (κ3) is 4.98. The Balaban J connectivity index is 1.50. The first-order chi connectivity index (χ1) is 20.3. The molecule has 1 aromatic rings. The fourth-order valence-corrected chi connectivity index (χ4v) is 10.1. The van der Waals surface area contributed by atoms with E-state index < -0.39 is 50.2 Å². The van der Waals surface area contributed by atoms with Crippen LogP contribution >= 0.6 is 0 Å². The molecule has 0 heterocycles. The van der Waals surface area contributed by atoms with E-state index in [-0.39, 0.29) is 47.6 Å². The third-order valence-corrected chi connectivity index (χ3v) is 12.2.